The van der Waals surface area contributed by atoms with E-state index in [-0.39, 0.29) is 19.8 Å². The maximum atomic E-state index is 12.3. The lowest BCUT2D eigenvalue weighted by Crippen LogP contribution is -2.61. The fraction of sp³-hybridized carbons (Fsp3) is 0.340. The minimum absolute atomic E-state index is 0.177. The molecule has 1 fully saturated rings. The van der Waals surface area contributed by atoms with Crippen LogP contribution in [0.1, 0.15) is 52.6 Å². The zero-order valence-electron chi connectivity index (χ0n) is 31.8. The summed E-state index contributed by atoms with van der Waals surface area (Å²) in [4.78, 5) is 13.8. The van der Waals surface area contributed by atoms with Crippen molar-refractivity contribution in [1.82, 2.24) is 4.90 Å². The predicted octanol–water partition coefficient (Wildman–Crippen LogP) is 8.42. The number of carbonyl (C=O) groups is 1. The molecular weight excluding hydrogens is 707 g/mol. The Bertz CT molecular complexity index is 1840. The number of aliphatic hydroxyl groups excluding tert-OH is 1. The summed E-state index contributed by atoms with van der Waals surface area (Å²) in [6.07, 6.45) is -2.27. The molecule has 1 saturated heterocycles. The standard InChI is InChI=1S/C47H53NO8/c49-43-44(54-33-38-22-10-3-11-23-38)42(35-52-32-37-20-8-2-9-21-37)56-46(45(43)55-34-39-24-12-4-13-25-39)53-29-17-5-16-28-48(47(50)51)31-41-27-15-14-26-40(41)30-36-18-6-1-7-19-36/h1-4,6-15,18-27,42-46,49H,5,16-17,28-35H2,(H,50,51)/t42-,43+,44+,45-,46-/m1/s1. The van der Waals surface area contributed by atoms with Gasteiger partial charge in [0.05, 0.1) is 26.4 Å². The zero-order chi connectivity index (χ0) is 38.8. The van der Waals surface area contributed by atoms with Gasteiger partial charge in [-0.1, -0.05) is 146 Å². The van der Waals surface area contributed by atoms with Gasteiger partial charge in [0.25, 0.3) is 0 Å². The normalized spacial score (nSPS) is 19.4. The van der Waals surface area contributed by atoms with E-state index in [1.807, 2.05) is 127 Å². The van der Waals surface area contributed by atoms with Gasteiger partial charge in [-0.2, -0.15) is 0 Å². The Morgan fingerprint density at radius 1 is 0.589 bits per heavy atom. The fourth-order valence-electron chi connectivity index (χ4n) is 6.88. The summed E-state index contributed by atoms with van der Waals surface area (Å²) in [5.41, 5.74) is 6.27. The first-order valence-corrected chi connectivity index (χ1v) is 19.5. The van der Waals surface area contributed by atoms with Crippen molar-refractivity contribution < 1.29 is 38.7 Å². The maximum absolute atomic E-state index is 12.3. The van der Waals surface area contributed by atoms with Crippen molar-refractivity contribution >= 4 is 6.09 Å². The third-order valence-corrected chi connectivity index (χ3v) is 9.92. The van der Waals surface area contributed by atoms with Gasteiger partial charge >= 0.3 is 6.09 Å². The van der Waals surface area contributed by atoms with Crippen molar-refractivity contribution in [3.8, 4) is 0 Å². The van der Waals surface area contributed by atoms with Gasteiger partial charge in [-0.25, -0.2) is 4.79 Å². The van der Waals surface area contributed by atoms with Gasteiger partial charge in [-0.3, -0.25) is 0 Å². The Morgan fingerprint density at radius 2 is 1.11 bits per heavy atom. The number of hydrogen-bond acceptors (Lipinski definition) is 7. The lowest BCUT2D eigenvalue weighted by Gasteiger charge is -2.44. The monoisotopic (exact) mass is 759 g/mol. The second kappa shape index (κ2) is 22.0. The molecule has 0 radical (unpaired) electrons. The van der Waals surface area contributed by atoms with E-state index in [0.717, 1.165) is 40.7 Å². The van der Waals surface area contributed by atoms with E-state index in [2.05, 4.69) is 18.2 Å². The Hall–Kier alpha value is -4.87. The molecule has 294 valence electrons. The van der Waals surface area contributed by atoms with Crippen LogP contribution in [0.5, 0.6) is 0 Å². The third kappa shape index (κ3) is 12.6. The molecule has 5 aromatic carbocycles. The van der Waals surface area contributed by atoms with Gasteiger partial charge in [0.15, 0.2) is 6.29 Å². The summed E-state index contributed by atoms with van der Waals surface area (Å²) in [6, 6.07) is 47.7. The van der Waals surface area contributed by atoms with Crippen LogP contribution in [-0.4, -0.2) is 71.7 Å². The number of aliphatic hydroxyl groups is 1. The molecule has 1 aliphatic heterocycles. The van der Waals surface area contributed by atoms with E-state index in [1.165, 1.54) is 10.5 Å². The molecule has 2 N–H and O–H groups in total. The quantitative estimate of drug-likeness (QED) is 0.0719. The molecule has 5 atom stereocenters. The largest absolute Gasteiger partial charge is 0.465 e. The van der Waals surface area contributed by atoms with Crippen LogP contribution in [0.4, 0.5) is 4.79 Å². The molecule has 1 heterocycles. The molecule has 9 nitrogen and oxygen atoms in total. The number of unbranched alkanes of at least 4 members (excludes halogenated alkanes) is 2. The second-order valence-electron chi connectivity index (χ2n) is 14.1. The number of amides is 1. The molecule has 56 heavy (non-hydrogen) atoms. The van der Waals surface area contributed by atoms with Crippen molar-refractivity contribution in [2.75, 3.05) is 19.8 Å². The molecular formula is C47H53NO8. The van der Waals surface area contributed by atoms with Crippen LogP contribution in [0.15, 0.2) is 146 Å². The van der Waals surface area contributed by atoms with Crippen molar-refractivity contribution in [2.24, 2.45) is 0 Å². The van der Waals surface area contributed by atoms with E-state index in [9.17, 15) is 15.0 Å². The van der Waals surface area contributed by atoms with Crippen molar-refractivity contribution in [3.63, 3.8) is 0 Å². The Balaban J connectivity index is 1.06. The smallest absolute Gasteiger partial charge is 0.407 e. The minimum Gasteiger partial charge on any atom is -0.465 e. The van der Waals surface area contributed by atoms with Crippen LogP contribution < -0.4 is 0 Å². The first-order valence-electron chi connectivity index (χ1n) is 19.5. The summed E-state index contributed by atoms with van der Waals surface area (Å²) in [7, 11) is 0. The first-order chi connectivity index (χ1) is 27.5. The minimum atomic E-state index is -1.07. The Morgan fingerprint density at radius 3 is 1.70 bits per heavy atom. The van der Waals surface area contributed by atoms with Gasteiger partial charge in [0.2, 0.25) is 0 Å². The van der Waals surface area contributed by atoms with Crippen LogP contribution >= 0.6 is 0 Å². The number of hydrogen-bond donors (Lipinski definition) is 2. The second-order valence-corrected chi connectivity index (χ2v) is 14.1. The van der Waals surface area contributed by atoms with Crippen molar-refractivity contribution in [1.29, 1.82) is 0 Å². The zero-order valence-corrected chi connectivity index (χ0v) is 31.8. The molecule has 0 aromatic heterocycles. The predicted molar refractivity (Wildman–Crippen MR) is 215 cm³/mol. The van der Waals surface area contributed by atoms with Crippen LogP contribution in [0.25, 0.3) is 0 Å². The van der Waals surface area contributed by atoms with Crippen LogP contribution in [0.3, 0.4) is 0 Å². The molecule has 9 heteroatoms. The topological polar surface area (TPSA) is 107 Å². The number of rotatable bonds is 21. The van der Waals surface area contributed by atoms with Crippen LogP contribution in [0.2, 0.25) is 0 Å². The highest BCUT2D eigenvalue weighted by molar-refractivity contribution is 5.65. The number of carboxylic acid groups (broad SMARTS) is 1. The average Bonchev–Trinajstić information content (AvgIpc) is 3.23. The lowest BCUT2D eigenvalue weighted by molar-refractivity contribution is -0.320. The molecule has 1 aliphatic rings. The van der Waals surface area contributed by atoms with Gasteiger partial charge < -0.3 is 38.8 Å². The van der Waals surface area contributed by atoms with E-state index in [4.69, 9.17) is 23.7 Å². The summed E-state index contributed by atoms with van der Waals surface area (Å²) in [6.45, 7) is 2.16. The fourth-order valence-corrected chi connectivity index (χ4v) is 6.88. The molecule has 0 aliphatic carbocycles. The summed E-state index contributed by atoms with van der Waals surface area (Å²) >= 11 is 0. The summed E-state index contributed by atoms with van der Waals surface area (Å²) < 4.78 is 31.7. The third-order valence-electron chi connectivity index (χ3n) is 9.92. The molecule has 6 rings (SSSR count). The molecule has 0 bridgehead atoms. The molecule has 0 saturated carbocycles. The van der Waals surface area contributed by atoms with E-state index in [1.54, 1.807) is 0 Å². The van der Waals surface area contributed by atoms with Gasteiger partial charge in [-0.05, 0) is 59.1 Å². The number of ether oxygens (including phenoxy) is 5. The van der Waals surface area contributed by atoms with Crippen molar-refractivity contribution in [2.45, 2.75) is 82.8 Å². The summed E-state index contributed by atoms with van der Waals surface area (Å²) in [5, 5.41) is 22.0. The molecule has 0 spiro atoms. The van der Waals surface area contributed by atoms with Crippen LogP contribution in [0, 0.1) is 0 Å². The highest BCUT2D eigenvalue weighted by Gasteiger charge is 2.47. The van der Waals surface area contributed by atoms with Crippen LogP contribution in [-0.2, 0) is 56.5 Å². The molecule has 5 aromatic rings. The van der Waals surface area contributed by atoms with E-state index in [0.29, 0.717) is 39.1 Å². The van der Waals surface area contributed by atoms with Gasteiger partial charge in [0.1, 0.15) is 24.4 Å². The Kier molecular flexibility index (Phi) is 16.0. The number of benzene rings is 5. The Labute approximate surface area is 330 Å². The molecule has 0 unspecified atom stereocenters. The maximum Gasteiger partial charge on any atom is 0.407 e. The van der Waals surface area contributed by atoms with Crippen molar-refractivity contribution in [3.05, 3.63) is 179 Å². The van der Waals surface area contributed by atoms with Gasteiger partial charge in [-0.15, -0.1) is 0 Å². The lowest BCUT2D eigenvalue weighted by atomic mass is 9.98. The number of nitrogens with zero attached hydrogens (tertiary/aromatic N) is 1. The average molecular weight is 760 g/mol. The first kappa shape index (κ1) is 40.8. The molecule has 1 amide bonds. The highest BCUT2D eigenvalue weighted by atomic mass is 16.7. The SMILES string of the molecule is O=C(O)N(CCCCCO[C@@H]1O[C@H](COCc2ccccc2)[C@H](OCc2ccccc2)[C@H](O)[C@H]1OCc1ccccc1)Cc1ccccc1Cc1ccccc1. The van der Waals surface area contributed by atoms with E-state index < -0.39 is 36.8 Å². The highest BCUT2D eigenvalue weighted by Crippen LogP contribution is 2.29. The van der Waals surface area contributed by atoms with E-state index >= 15 is 0 Å². The van der Waals surface area contributed by atoms with Gasteiger partial charge in [0, 0.05) is 19.7 Å². The summed E-state index contributed by atoms with van der Waals surface area (Å²) in [5.74, 6) is 0.